The van der Waals surface area contributed by atoms with Gasteiger partial charge in [0, 0.05) is 0 Å². The van der Waals surface area contributed by atoms with Gasteiger partial charge in [-0.3, -0.25) is 0 Å². The van der Waals surface area contributed by atoms with Gasteiger partial charge >= 0.3 is 93.7 Å². The van der Waals surface area contributed by atoms with E-state index in [0.29, 0.717) is 0 Å². The molecule has 0 saturated carbocycles. The topological polar surface area (TPSA) is 3.24 Å². The predicted molar refractivity (Wildman–Crippen MR) is 105 cm³/mol. The summed E-state index contributed by atoms with van der Waals surface area (Å²) in [4.78, 5) is 2.31. The molecule has 0 saturated heterocycles. The average Bonchev–Trinajstić information content (AvgIpc) is 2.91. The molecule has 0 heterocycles. The zero-order valence-corrected chi connectivity index (χ0v) is 17.5. The van der Waals surface area contributed by atoms with Crippen LogP contribution in [0.1, 0.15) is 6.42 Å². The van der Waals surface area contributed by atoms with Crippen LogP contribution < -0.4 is 0 Å². The Kier molecular flexibility index (Phi) is 6.43. The monoisotopic (exact) mass is 349 g/mol. The first kappa shape index (κ1) is 20.2. The van der Waals surface area contributed by atoms with Crippen LogP contribution in [0.3, 0.4) is 0 Å². The minimum absolute atomic E-state index is 1.19. The summed E-state index contributed by atoms with van der Waals surface area (Å²) in [7, 11) is 4.35. The Balaban J connectivity index is 0.000000277. The van der Waals surface area contributed by atoms with Gasteiger partial charge in [-0.15, -0.1) is 0 Å². The van der Waals surface area contributed by atoms with Crippen molar-refractivity contribution in [3.63, 3.8) is 0 Å². The molecule has 0 aromatic carbocycles. The van der Waals surface area contributed by atoms with E-state index in [4.69, 9.17) is 0 Å². The molecule has 23 heavy (non-hydrogen) atoms. The third-order valence-electron chi connectivity index (χ3n) is 4.86. The number of hydrogen-bond acceptors (Lipinski definition) is 1. The molecule has 0 radical (unpaired) electrons. The summed E-state index contributed by atoms with van der Waals surface area (Å²) in [5.41, 5.74) is 0. The molecule has 2 aliphatic rings. The minimum atomic E-state index is -2.85. The summed E-state index contributed by atoms with van der Waals surface area (Å²) in [6.45, 7) is 1.21. The van der Waals surface area contributed by atoms with Gasteiger partial charge in [0.1, 0.15) is 0 Å². The molecule has 0 spiro atoms. The van der Waals surface area contributed by atoms with Crippen LogP contribution in [0, 0.1) is 0 Å². The van der Waals surface area contributed by atoms with E-state index in [1.54, 1.807) is 3.88 Å². The fourth-order valence-corrected chi connectivity index (χ4v) is 8.55. The van der Waals surface area contributed by atoms with E-state index in [9.17, 15) is 0 Å². The van der Waals surface area contributed by atoms with Crippen molar-refractivity contribution in [3.05, 3.63) is 70.7 Å². The second-order valence-electron chi connectivity index (χ2n) is 10.0. The van der Waals surface area contributed by atoms with Crippen molar-refractivity contribution in [2.45, 2.75) is 32.1 Å². The standard InChI is InChI=1S/C8H8.C5H5.C4H10N.4CH3.Ti/c1-2-4-6-8-7-5-3-1;1-2-4-5-3-1;1-4-5(2)3;;;;;/h1-8H;1-3H,4H2;1,4H2,2-3H3;4*1H3;. The number of allylic oxidation sites excluding steroid dienone is 12. The van der Waals surface area contributed by atoms with Crippen LogP contribution in [0.4, 0.5) is 0 Å². The molecule has 0 aromatic heterocycles. The third-order valence-corrected chi connectivity index (χ3v) is 14.0. The van der Waals surface area contributed by atoms with E-state index in [1.165, 1.54) is 17.7 Å². The van der Waals surface area contributed by atoms with Crippen molar-refractivity contribution >= 4 is 0 Å². The van der Waals surface area contributed by atoms with Crippen LogP contribution >= 0.6 is 0 Å². The van der Waals surface area contributed by atoms with E-state index in [1.807, 2.05) is 48.6 Å². The molecule has 2 aliphatic carbocycles. The Morgan fingerprint density at radius 3 is 1.52 bits per heavy atom. The fourth-order valence-electron chi connectivity index (χ4n) is 2.72. The van der Waals surface area contributed by atoms with E-state index in [0.717, 1.165) is 0 Å². The summed E-state index contributed by atoms with van der Waals surface area (Å²) in [5.74, 6) is 0. The molecule has 0 amide bonds. The molecule has 128 valence electrons. The molecule has 0 aliphatic heterocycles. The fraction of sp³-hybridized carbons (Fsp3) is 0.429. The van der Waals surface area contributed by atoms with Crippen LogP contribution in [-0.4, -0.2) is 25.5 Å². The van der Waals surface area contributed by atoms with Crippen LogP contribution in [-0.2, 0) is 14.0 Å². The molecular formula is C21H35NTi. The SMILES string of the molecule is C1=CC=CC=CC=C1.CN(C)C[CH2][Ti]([CH3])([CH3])([CH3])([CH3])[C]1=CC=CC1. The van der Waals surface area contributed by atoms with Gasteiger partial charge in [-0.05, 0) is 0 Å². The number of nitrogens with zero attached hydrogens (tertiary/aromatic N) is 1. The Bertz CT molecular complexity index is 518. The maximum atomic E-state index is 2.57. The quantitative estimate of drug-likeness (QED) is 0.527. The van der Waals surface area contributed by atoms with E-state index < -0.39 is 14.0 Å². The van der Waals surface area contributed by atoms with Crippen molar-refractivity contribution in [1.29, 1.82) is 0 Å². The first-order valence-electron chi connectivity index (χ1n) is 8.70. The molecule has 0 N–H and O–H groups in total. The molecular weight excluding hydrogens is 314 g/mol. The van der Waals surface area contributed by atoms with E-state index in [-0.39, 0.29) is 0 Å². The van der Waals surface area contributed by atoms with Gasteiger partial charge in [-0.25, -0.2) is 0 Å². The summed E-state index contributed by atoms with van der Waals surface area (Å²) in [6, 6.07) is 0. The summed E-state index contributed by atoms with van der Waals surface area (Å²) >= 11 is -2.85. The van der Waals surface area contributed by atoms with Crippen LogP contribution in [0.2, 0.25) is 25.6 Å². The zero-order valence-electron chi connectivity index (χ0n) is 15.9. The van der Waals surface area contributed by atoms with Gasteiger partial charge in [0.05, 0.1) is 0 Å². The van der Waals surface area contributed by atoms with Crippen LogP contribution in [0.15, 0.2) is 70.7 Å². The molecule has 1 nitrogen and oxygen atoms in total. The second-order valence-corrected chi connectivity index (χ2v) is 29.3. The van der Waals surface area contributed by atoms with Crippen molar-refractivity contribution < 1.29 is 14.0 Å². The van der Waals surface area contributed by atoms with Gasteiger partial charge in [0.25, 0.3) is 0 Å². The van der Waals surface area contributed by atoms with Gasteiger partial charge in [0.15, 0.2) is 0 Å². The molecule has 0 atom stereocenters. The number of rotatable bonds is 4. The first-order valence-corrected chi connectivity index (χ1v) is 16.8. The van der Waals surface area contributed by atoms with Gasteiger partial charge in [0.2, 0.25) is 0 Å². The maximum absolute atomic E-state index is 2.85. The Hall–Kier alpha value is -0.886. The van der Waals surface area contributed by atoms with Gasteiger partial charge in [-0.1, -0.05) is 48.6 Å². The van der Waals surface area contributed by atoms with Crippen molar-refractivity contribution in [2.24, 2.45) is 0 Å². The van der Waals surface area contributed by atoms with Crippen molar-refractivity contribution in [2.75, 3.05) is 20.6 Å². The Morgan fingerprint density at radius 1 is 0.783 bits per heavy atom. The first-order chi connectivity index (χ1) is 10.5. The molecule has 2 rings (SSSR count). The Morgan fingerprint density at radius 2 is 1.22 bits per heavy atom. The van der Waals surface area contributed by atoms with Crippen molar-refractivity contribution in [3.8, 4) is 0 Å². The predicted octanol–water partition coefficient (Wildman–Crippen LogP) is 6.45. The van der Waals surface area contributed by atoms with E-state index >= 15 is 0 Å². The van der Waals surface area contributed by atoms with E-state index in [2.05, 4.69) is 58.1 Å². The average molecular weight is 349 g/mol. The molecule has 2 heteroatoms. The molecule has 0 fully saturated rings. The van der Waals surface area contributed by atoms with Gasteiger partial charge < -0.3 is 0 Å². The molecule has 0 aromatic rings. The molecule has 0 bridgehead atoms. The normalized spacial score (nSPS) is 19.5. The summed E-state index contributed by atoms with van der Waals surface area (Å²) < 4.78 is 3.09. The zero-order chi connectivity index (χ0) is 17.5. The van der Waals surface area contributed by atoms with Crippen LogP contribution in [0.25, 0.3) is 0 Å². The summed E-state index contributed by atoms with van der Waals surface area (Å²) in [6.07, 6.45) is 24.1. The Labute approximate surface area is 142 Å². The van der Waals surface area contributed by atoms with Crippen LogP contribution in [0.5, 0.6) is 0 Å². The second kappa shape index (κ2) is 7.34. The third kappa shape index (κ3) is 7.48. The van der Waals surface area contributed by atoms with Crippen molar-refractivity contribution in [1.82, 2.24) is 4.90 Å². The number of hydrogen-bond donors (Lipinski definition) is 0. The molecule has 0 unspecified atom stereocenters. The van der Waals surface area contributed by atoms with Gasteiger partial charge in [-0.2, -0.15) is 0 Å². The summed E-state index contributed by atoms with van der Waals surface area (Å²) in [5, 5.41) is 10.3.